The third-order valence-electron chi connectivity index (χ3n) is 7.50. The number of hydrogen-bond donors (Lipinski definition) is 0. The molecule has 1 aliphatic rings. The lowest BCUT2D eigenvalue weighted by Crippen LogP contribution is -2.39. The molecule has 5 rings (SSSR count). The normalized spacial score (nSPS) is 14.9. The summed E-state index contributed by atoms with van der Waals surface area (Å²) in [5.41, 5.74) is 8.06. The van der Waals surface area contributed by atoms with Crippen LogP contribution < -0.4 is 19.6 Å². The lowest BCUT2D eigenvalue weighted by atomic mass is 9.96. The number of nitrogens with zero attached hydrogens (tertiary/aromatic N) is 3. The van der Waals surface area contributed by atoms with Crippen LogP contribution in [0.1, 0.15) is 53.5 Å². The Morgan fingerprint density at radius 3 is 2.40 bits per heavy atom. The van der Waals surface area contributed by atoms with Crippen LogP contribution in [0.3, 0.4) is 0 Å². The topological polar surface area (TPSA) is 74.8 Å². The minimum Gasteiger partial charge on any atom is -0.490 e. The van der Waals surface area contributed by atoms with E-state index in [0.29, 0.717) is 33.0 Å². The van der Waals surface area contributed by atoms with Crippen molar-refractivity contribution in [3.8, 4) is 11.4 Å². The summed E-state index contributed by atoms with van der Waals surface area (Å²) in [6.07, 6.45) is 3.61. The highest BCUT2D eigenvalue weighted by Crippen LogP contribution is 2.32. The minimum absolute atomic E-state index is 0.207. The Morgan fingerprint density at radius 1 is 1.07 bits per heavy atom. The van der Waals surface area contributed by atoms with Crippen LogP contribution in [0.5, 0.6) is 5.75 Å². The zero-order valence-corrected chi connectivity index (χ0v) is 25.7. The van der Waals surface area contributed by atoms with Gasteiger partial charge in [0.2, 0.25) is 0 Å². The first-order valence-corrected chi connectivity index (χ1v) is 14.8. The molecule has 0 unspecified atom stereocenters. The maximum absolute atomic E-state index is 14.1. The maximum Gasteiger partial charge on any atom is 0.338 e. The molecule has 1 atom stereocenters. The highest BCUT2D eigenvalue weighted by atomic mass is 32.1. The van der Waals surface area contributed by atoms with Crippen molar-refractivity contribution in [2.45, 2.75) is 47.6 Å². The predicted molar refractivity (Wildman–Crippen MR) is 167 cm³/mol. The Balaban J connectivity index is 1.67. The number of ether oxygens (including phenoxy) is 2. The van der Waals surface area contributed by atoms with Crippen molar-refractivity contribution in [1.29, 1.82) is 0 Å². The predicted octanol–water partition coefficient (Wildman–Crippen LogP) is 5.39. The van der Waals surface area contributed by atoms with E-state index in [1.807, 2.05) is 30.3 Å². The van der Waals surface area contributed by atoms with Gasteiger partial charge in [-0.2, -0.15) is 0 Å². The van der Waals surface area contributed by atoms with E-state index < -0.39 is 12.0 Å². The number of thiazole rings is 1. The van der Waals surface area contributed by atoms with Gasteiger partial charge in [-0.15, -0.1) is 0 Å². The first-order chi connectivity index (χ1) is 20.2. The molecule has 216 valence electrons. The van der Waals surface area contributed by atoms with E-state index in [2.05, 4.69) is 63.1 Å². The number of benzene rings is 2. The van der Waals surface area contributed by atoms with Crippen LogP contribution in [0.25, 0.3) is 11.8 Å². The van der Waals surface area contributed by atoms with Crippen LogP contribution in [0.15, 0.2) is 82.2 Å². The summed E-state index contributed by atoms with van der Waals surface area (Å²) < 4.78 is 15.5. The summed E-state index contributed by atoms with van der Waals surface area (Å²) in [5.74, 6) is 0.186. The molecule has 0 amide bonds. The Labute approximate surface area is 249 Å². The molecule has 4 aromatic rings. The zero-order valence-electron chi connectivity index (χ0n) is 24.9. The summed E-state index contributed by atoms with van der Waals surface area (Å²) in [4.78, 5) is 32.5. The van der Waals surface area contributed by atoms with Gasteiger partial charge in [-0.05, 0) is 88.1 Å². The van der Waals surface area contributed by atoms with Crippen molar-refractivity contribution in [2.75, 3.05) is 13.2 Å². The second-order valence-electron chi connectivity index (χ2n) is 10.4. The molecule has 0 saturated heterocycles. The minimum atomic E-state index is -0.682. The van der Waals surface area contributed by atoms with Crippen LogP contribution >= 0.6 is 11.3 Å². The largest absolute Gasteiger partial charge is 0.490 e. The van der Waals surface area contributed by atoms with Gasteiger partial charge in [0.25, 0.3) is 5.56 Å². The number of aryl methyl sites for hydroxylation is 3. The Kier molecular flexibility index (Phi) is 8.18. The monoisotopic (exact) mass is 581 g/mol. The van der Waals surface area contributed by atoms with Crippen LogP contribution in [0, 0.1) is 27.7 Å². The molecule has 2 aromatic carbocycles. The van der Waals surface area contributed by atoms with E-state index in [1.54, 1.807) is 24.5 Å². The molecular formula is C34H35N3O4S. The highest BCUT2D eigenvalue weighted by Gasteiger charge is 2.33. The first kappa shape index (κ1) is 29.1. The second kappa shape index (κ2) is 11.8. The van der Waals surface area contributed by atoms with E-state index >= 15 is 0 Å². The molecule has 7 nitrogen and oxygen atoms in total. The summed E-state index contributed by atoms with van der Waals surface area (Å²) >= 11 is 1.32. The fraction of sp³-hybridized carbons (Fsp3) is 0.265. The van der Waals surface area contributed by atoms with E-state index in [0.717, 1.165) is 28.2 Å². The zero-order chi connectivity index (χ0) is 30.1. The number of esters is 1. The van der Waals surface area contributed by atoms with Crippen LogP contribution in [0.4, 0.5) is 0 Å². The molecule has 0 saturated carbocycles. The maximum atomic E-state index is 14.1. The van der Waals surface area contributed by atoms with Gasteiger partial charge >= 0.3 is 5.97 Å². The van der Waals surface area contributed by atoms with Crippen LogP contribution in [-0.4, -0.2) is 28.3 Å². The van der Waals surface area contributed by atoms with Gasteiger partial charge in [0, 0.05) is 11.4 Å². The van der Waals surface area contributed by atoms with Gasteiger partial charge in [0.05, 0.1) is 34.1 Å². The number of carbonyl (C=O) groups excluding carboxylic acids is 1. The molecule has 0 bridgehead atoms. The fourth-order valence-corrected chi connectivity index (χ4v) is 6.62. The molecule has 0 radical (unpaired) electrons. The lowest BCUT2D eigenvalue weighted by Gasteiger charge is -2.24. The van der Waals surface area contributed by atoms with Gasteiger partial charge in [0.15, 0.2) is 4.80 Å². The number of allylic oxidation sites excluding steroid dienone is 1. The molecule has 3 heterocycles. The molecule has 0 N–H and O–H groups in total. The molecule has 0 spiro atoms. The molecule has 8 heteroatoms. The van der Waals surface area contributed by atoms with Crippen molar-refractivity contribution in [1.82, 2.24) is 9.13 Å². The number of carbonyl (C=O) groups is 1. The quantitative estimate of drug-likeness (QED) is 0.207. The molecule has 42 heavy (non-hydrogen) atoms. The van der Waals surface area contributed by atoms with Gasteiger partial charge in [0.1, 0.15) is 12.4 Å². The van der Waals surface area contributed by atoms with Crippen molar-refractivity contribution < 1.29 is 14.3 Å². The average molecular weight is 582 g/mol. The Hall–Kier alpha value is -4.43. The SMILES string of the molecule is C=CCOc1ccc([C@H]2C(C(=O)OCC)=C(C)N=c3s/c(=C\c4cc(C)n(-c5c(C)cccc5C)c4C)c(=O)n32)cc1. The van der Waals surface area contributed by atoms with Crippen LogP contribution in [-0.2, 0) is 9.53 Å². The number of fused-ring (bicyclic) bond motifs is 1. The summed E-state index contributed by atoms with van der Waals surface area (Å²) in [6, 6.07) is 15.1. The van der Waals surface area contributed by atoms with Crippen LogP contribution in [0.2, 0.25) is 0 Å². The van der Waals surface area contributed by atoms with E-state index in [-0.39, 0.29) is 12.2 Å². The lowest BCUT2D eigenvalue weighted by molar-refractivity contribution is -0.139. The number of rotatable bonds is 8. The highest BCUT2D eigenvalue weighted by molar-refractivity contribution is 7.07. The van der Waals surface area contributed by atoms with Gasteiger partial charge < -0.3 is 14.0 Å². The van der Waals surface area contributed by atoms with E-state index in [4.69, 9.17) is 14.5 Å². The molecule has 0 aliphatic carbocycles. The van der Waals surface area contributed by atoms with Gasteiger partial charge in [-0.25, -0.2) is 9.79 Å². The summed E-state index contributed by atoms with van der Waals surface area (Å²) in [6.45, 7) is 16.2. The van der Waals surface area contributed by atoms with Crippen molar-refractivity contribution in [3.63, 3.8) is 0 Å². The van der Waals surface area contributed by atoms with Crippen molar-refractivity contribution in [3.05, 3.63) is 126 Å². The smallest absolute Gasteiger partial charge is 0.338 e. The number of para-hydroxylation sites is 1. The standard InChI is InChI=1S/C34H35N3O4S/c1-8-17-41-27-15-13-25(14-16-27)31-29(33(39)40-9-2)23(6)35-34-37(31)32(38)28(42-34)19-26-18-22(5)36(24(26)7)30-20(3)11-10-12-21(30)4/h8,10-16,18-19,31H,1,9,17H2,2-7H3/b28-19-/t31-/m0/s1. The first-order valence-electron chi connectivity index (χ1n) is 13.9. The third kappa shape index (κ3) is 5.18. The number of hydrogen-bond acceptors (Lipinski definition) is 6. The van der Waals surface area contributed by atoms with Crippen molar-refractivity contribution >= 4 is 23.4 Å². The second-order valence-corrected chi connectivity index (χ2v) is 11.4. The Bertz CT molecular complexity index is 1880. The molecule has 2 aromatic heterocycles. The third-order valence-corrected chi connectivity index (χ3v) is 8.48. The molecular weight excluding hydrogens is 546 g/mol. The summed E-state index contributed by atoms with van der Waals surface area (Å²) in [7, 11) is 0. The van der Waals surface area contributed by atoms with E-state index in [9.17, 15) is 9.59 Å². The van der Waals surface area contributed by atoms with E-state index in [1.165, 1.54) is 22.5 Å². The average Bonchev–Trinajstić information content (AvgIpc) is 3.41. The fourth-order valence-electron chi connectivity index (χ4n) is 5.59. The van der Waals surface area contributed by atoms with Gasteiger partial charge in [-0.3, -0.25) is 9.36 Å². The summed E-state index contributed by atoms with van der Waals surface area (Å²) in [5, 5.41) is 0. The molecule has 0 fully saturated rings. The van der Waals surface area contributed by atoms with Gasteiger partial charge in [-0.1, -0.05) is 54.3 Å². The molecule has 1 aliphatic heterocycles. The van der Waals surface area contributed by atoms with Crippen molar-refractivity contribution in [2.24, 2.45) is 4.99 Å². The number of aromatic nitrogens is 2. The Morgan fingerprint density at radius 2 is 1.76 bits per heavy atom.